The summed E-state index contributed by atoms with van der Waals surface area (Å²) in [6, 6.07) is 7.70. The van der Waals surface area contributed by atoms with E-state index >= 15 is 0 Å². The first kappa shape index (κ1) is 11.9. The fourth-order valence-corrected chi connectivity index (χ4v) is 1.13. The molecule has 1 aromatic carbocycles. The molecule has 2 N–H and O–H groups in total. The van der Waals surface area contributed by atoms with Crippen LogP contribution in [0.5, 0.6) is 5.75 Å². The molecule has 0 radical (unpaired) electrons. The third-order valence-corrected chi connectivity index (χ3v) is 2.37. The lowest BCUT2D eigenvalue weighted by Crippen LogP contribution is -2.26. The molecule has 0 saturated carbocycles. The van der Waals surface area contributed by atoms with Crippen molar-refractivity contribution in [1.29, 1.82) is 0 Å². The standard InChI is InChI=1S/C11H15NO2S/c1-8(11(12)15)14-7-9-4-3-5-10(6-9)13-2/h3-6,8H,7H2,1-2H3,(H2,12,15). The minimum atomic E-state index is -0.203. The van der Waals surface area contributed by atoms with Gasteiger partial charge in [0.1, 0.15) is 16.8 Å². The molecular weight excluding hydrogens is 210 g/mol. The third kappa shape index (κ3) is 3.85. The van der Waals surface area contributed by atoms with Gasteiger partial charge in [0.2, 0.25) is 0 Å². The number of thiocarbonyl (C=S) groups is 1. The maximum absolute atomic E-state index is 5.47. The Labute approximate surface area is 95.2 Å². The zero-order chi connectivity index (χ0) is 11.3. The van der Waals surface area contributed by atoms with E-state index in [4.69, 9.17) is 27.4 Å². The molecule has 4 heteroatoms. The molecule has 0 amide bonds. The van der Waals surface area contributed by atoms with E-state index < -0.39 is 0 Å². The predicted molar refractivity (Wildman–Crippen MR) is 64.0 cm³/mol. The lowest BCUT2D eigenvalue weighted by atomic mass is 10.2. The SMILES string of the molecule is COc1cccc(COC(C)C(N)=S)c1. The van der Waals surface area contributed by atoms with Crippen LogP contribution in [0.3, 0.4) is 0 Å². The van der Waals surface area contributed by atoms with Gasteiger partial charge in [-0.1, -0.05) is 24.4 Å². The second-order valence-electron chi connectivity index (χ2n) is 3.21. The molecule has 0 heterocycles. The quantitative estimate of drug-likeness (QED) is 0.777. The Morgan fingerprint density at radius 1 is 1.53 bits per heavy atom. The van der Waals surface area contributed by atoms with E-state index in [1.807, 2.05) is 31.2 Å². The number of nitrogens with two attached hydrogens (primary N) is 1. The van der Waals surface area contributed by atoms with Crippen LogP contribution in [0.15, 0.2) is 24.3 Å². The molecule has 0 saturated heterocycles. The van der Waals surface area contributed by atoms with E-state index in [0.29, 0.717) is 11.6 Å². The van der Waals surface area contributed by atoms with Gasteiger partial charge in [0.15, 0.2) is 0 Å². The second-order valence-corrected chi connectivity index (χ2v) is 3.68. The van der Waals surface area contributed by atoms with Crippen LogP contribution in [0.1, 0.15) is 12.5 Å². The van der Waals surface area contributed by atoms with Gasteiger partial charge in [0.05, 0.1) is 13.7 Å². The van der Waals surface area contributed by atoms with E-state index in [9.17, 15) is 0 Å². The molecule has 15 heavy (non-hydrogen) atoms. The van der Waals surface area contributed by atoms with Gasteiger partial charge in [0, 0.05) is 0 Å². The van der Waals surface area contributed by atoms with Crippen LogP contribution < -0.4 is 10.5 Å². The van der Waals surface area contributed by atoms with E-state index in [2.05, 4.69) is 0 Å². The molecule has 82 valence electrons. The Balaban J connectivity index is 2.53. The van der Waals surface area contributed by atoms with Crippen LogP contribution in [0.2, 0.25) is 0 Å². The maximum Gasteiger partial charge on any atom is 0.119 e. The highest BCUT2D eigenvalue weighted by Gasteiger charge is 2.05. The van der Waals surface area contributed by atoms with Crippen LogP contribution in [-0.4, -0.2) is 18.2 Å². The highest BCUT2D eigenvalue weighted by atomic mass is 32.1. The lowest BCUT2D eigenvalue weighted by molar-refractivity contribution is 0.0967. The summed E-state index contributed by atoms with van der Waals surface area (Å²) in [6.45, 7) is 2.32. The summed E-state index contributed by atoms with van der Waals surface area (Å²) in [5.41, 5.74) is 6.48. The smallest absolute Gasteiger partial charge is 0.119 e. The molecule has 1 atom stereocenters. The molecule has 0 aliphatic carbocycles. The lowest BCUT2D eigenvalue weighted by Gasteiger charge is -2.11. The van der Waals surface area contributed by atoms with Crippen molar-refractivity contribution in [3.8, 4) is 5.75 Å². The minimum absolute atomic E-state index is 0.203. The summed E-state index contributed by atoms with van der Waals surface area (Å²) in [7, 11) is 1.64. The van der Waals surface area contributed by atoms with Crippen molar-refractivity contribution in [2.45, 2.75) is 19.6 Å². The molecule has 0 aliphatic rings. The molecule has 1 aromatic rings. The van der Waals surface area contributed by atoms with Crippen LogP contribution in [0.4, 0.5) is 0 Å². The van der Waals surface area contributed by atoms with Gasteiger partial charge in [0.25, 0.3) is 0 Å². The summed E-state index contributed by atoms with van der Waals surface area (Å²) in [6.07, 6.45) is -0.203. The molecule has 1 unspecified atom stereocenters. The average Bonchev–Trinajstić information content (AvgIpc) is 2.26. The number of ether oxygens (including phenoxy) is 2. The zero-order valence-electron chi connectivity index (χ0n) is 8.90. The van der Waals surface area contributed by atoms with Crippen molar-refractivity contribution in [3.05, 3.63) is 29.8 Å². The zero-order valence-corrected chi connectivity index (χ0v) is 9.71. The summed E-state index contributed by atoms with van der Waals surface area (Å²) in [4.78, 5) is 0.373. The first-order chi connectivity index (χ1) is 7.13. The topological polar surface area (TPSA) is 44.5 Å². The van der Waals surface area contributed by atoms with Gasteiger partial charge in [-0.15, -0.1) is 0 Å². The fraction of sp³-hybridized carbons (Fsp3) is 0.364. The van der Waals surface area contributed by atoms with Gasteiger partial charge in [-0.3, -0.25) is 0 Å². The van der Waals surface area contributed by atoms with Gasteiger partial charge in [-0.2, -0.15) is 0 Å². The van der Waals surface area contributed by atoms with Gasteiger partial charge in [-0.25, -0.2) is 0 Å². The summed E-state index contributed by atoms with van der Waals surface area (Å²) in [5, 5.41) is 0. The molecule has 0 fully saturated rings. The normalized spacial score (nSPS) is 12.1. The Morgan fingerprint density at radius 3 is 2.87 bits per heavy atom. The van der Waals surface area contributed by atoms with Crippen LogP contribution in [-0.2, 0) is 11.3 Å². The Bertz CT molecular complexity index is 341. The van der Waals surface area contributed by atoms with Gasteiger partial charge in [-0.05, 0) is 24.6 Å². The molecule has 0 spiro atoms. The monoisotopic (exact) mass is 225 g/mol. The van der Waals surface area contributed by atoms with Crippen molar-refractivity contribution in [3.63, 3.8) is 0 Å². The first-order valence-corrected chi connectivity index (χ1v) is 5.08. The van der Waals surface area contributed by atoms with Gasteiger partial charge < -0.3 is 15.2 Å². The molecule has 0 aliphatic heterocycles. The van der Waals surface area contributed by atoms with Crippen LogP contribution >= 0.6 is 12.2 Å². The minimum Gasteiger partial charge on any atom is -0.497 e. The van der Waals surface area contributed by atoms with Crippen molar-refractivity contribution >= 4 is 17.2 Å². The Hall–Kier alpha value is -1.13. The number of hydrogen-bond donors (Lipinski definition) is 1. The van der Waals surface area contributed by atoms with Crippen molar-refractivity contribution in [1.82, 2.24) is 0 Å². The largest absolute Gasteiger partial charge is 0.497 e. The van der Waals surface area contributed by atoms with Gasteiger partial charge >= 0.3 is 0 Å². The highest BCUT2D eigenvalue weighted by molar-refractivity contribution is 7.80. The Morgan fingerprint density at radius 2 is 2.27 bits per heavy atom. The molecular formula is C11H15NO2S. The second kappa shape index (κ2) is 5.68. The summed E-state index contributed by atoms with van der Waals surface area (Å²) in [5.74, 6) is 0.819. The molecule has 3 nitrogen and oxygen atoms in total. The summed E-state index contributed by atoms with van der Waals surface area (Å²) < 4.78 is 10.6. The van der Waals surface area contributed by atoms with E-state index in [1.165, 1.54) is 0 Å². The first-order valence-electron chi connectivity index (χ1n) is 4.67. The summed E-state index contributed by atoms with van der Waals surface area (Å²) >= 11 is 4.81. The Kier molecular flexibility index (Phi) is 4.52. The number of rotatable bonds is 5. The van der Waals surface area contributed by atoms with Crippen molar-refractivity contribution in [2.24, 2.45) is 5.73 Å². The highest BCUT2D eigenvalue weighted by Crippen LogP contribution is 2.13. The molecule has 0 bridgehead atoms. The number of methoxy groups -OCH3 is 1. The maximum atomic E-state index is 5.47. The predicted octanol–water partition coefficient (Wildman–Crippen LogP) is 1.89. The van der Waals surface area contributed by atoms with Crippen molar-refractivity contribution < 1.29 is 9.47 Å². The average molecular weight is 225 g/mol. The van der Waals surface area contributed by atoms with Crippen LogP contribution in [0.25, 0.3) is 0 Å². The van der Waals surface area contributed by atoms with E-state index in [0.717, 1.165) is 11.3 Å². The fourth-order valence-electron chi connectivity index (χ4n) is 1.07. The molecule has 0 aromatic heterocycles. The number of benzene rings is 1. The third-order valence-electron chi connectivity index (χ3n) is 2.03. The van der Waals surface area contributed by atoms with E-state index in [-0.39, 0.29) is 6.10 Å². The molecule has 1 rings (SSSR count). The van der Waals surface area contributed by atoms with E-state index in [1.54, 1.807) is 7.11 Å². The van der Waals surface area contributed by atoms with Crippen LogP contribution in [0, 0.1) is 0 Å². The van der Waals surface area contributed by atoms with Crippen molar-refractivity contribution in [2.75, 3.05) is 7.11 Å². The number of hydrogen-bond acceptors (Lipinski definition) is 3.